The van der Waals surface area contributed by atoms with Gasteiger partial charge in [-0.3, -0.25) is 4.90 Å². The lowest BCUT2D eigenvalue weighted by Gasteiger charge is -2.18. The standard InChI is InChI=1S/C15H19ClF3N3O/c16-13-3-1-11(2-4-13)7-20-14(23)21-8-12-5-6-22(9-12)10-15(17,18)19/h1-4,12H,5-10H2,(H2,20,21,23)/t12-/m0/s1. The molecule has 0 aliphatic carbocycles. The molecule has 1 atom stereocenters. The van der Waals surface area contributed by atoms with Crippen LogP contribution in [0, 0.1) is 5.92 Å². The van der Waals surface area contributed by atoms with Crippen LogP contribution in [0.1, 0.15) is 12.0 Å². The zero-order valence-corrected chi connectivity index (χ0v) is 13.3. The maximum atomic E-state index is 12.3. The first kappa shape index (κ1) is 17.9. The number of amides is 2. The van der Waals surface area contributed by atoms with Gasteiger partial charge in [0.2, 0.25) is 0 Å². The first-order valence-electron chi connectivity index (χ1n) is 7.37. The van der Waals surface area contributed by atoms with Gasteiger partial charge in [0.05, 0.1) is 6.54 Å². The lowest BCUT2D eigenvalue weighted by atomic mass is 10.1. The van der Waals surface area contributed by atoms with Gasteiger partial charge < -0.3 is 10.6 Å². The molecule has 1 aromatic rings. The number of benzene rings is 1. The number of rotatable bonds is 5. The third kappa shape index (κ3) is 6.66. The summed E-state index contributed by atoms with van der Waals surface area (Å²) in [5.41, 5.74) is 0.918. The first-order chi connectivity index (χ1) is 10.8. The fraction of sp³-hybridized carbons (Fsp3) is 0.533. The van der Waals surface area contributed by atoms with E-state index < -0.39 is 12.7 Å². The van der Waals surface area contributed by atoms with Crippen LogP contribution in [0.15, 0.2) is 24.3 Å². The molecule has 1 fully saturated rings. The van der Waals surface area contributed by atoms with Gasteiger partial charge in [-0.25, -0.2) is 4.79 Å². The summed E-state index contributed by atoms with van der Waals surface area (Å²) >= 11 is 5.77. The van der Waals surface area contributed by atoms with Crippen LogP contribution in [0.2, 0.25) is 5.02 Å². The van der Waals surface area contributed by atoms with Gasteiger partial charge >= 0.3 is 12.2 Å². The highest BCUT2D eigenvalue weighted by atomic mass is 35.5. The molecule has 0 bridgehead atoms. The van der Waals surface area contributed by atoms with Crippen LogP contribution < -0.4 is 10.6 Å². The summed E-state index contributed by atoms with van der Waals surface area (Å²) in [6.07, 6.45) is -3.51. The molecular formula is C15H19ClF3N3O. The smallest absolute Gasteiger partial charge is 0.338 e. The van der Waals surface area contributed by atoms with E-state index in [4.69, 9.17) is 11.6 Å². The number of nitrogens with zero attached hydrogens (tertiary/aromatic N) is 1. The van der Waals surface area contributed by atoms with Gasteiger partial charge in [0.1, 0.15) is 0 Å². The Hall–Kier alpha value is -1.47. The Morgan fingerprint density at radius 3 is 2.61 bits per heavy atom. The monoisotopic (exact) mass is 349 g/mol. The SMILES string of the molecule is O=C(NCc1ccc(Cl)cc1)NC[C@@H]1CCN(CC(F)(F)F)C1. The van der Waals surface area contributed by atoms with Crippen molar-refractivity contribution in [1.29, 1.82) is 0 Å². The summed E-state index contributed by atoms with van der Waals surface area (Å²) < 4.78 is 36.9. The number of carbonyl (C=O) groups is 1. The lowest BCUT2D eigenvalue weighted by molar-refractivity contribution is -0.143. The molecule has 1 saturated heterocycles. The van der Waals surface area contributed by atoms with Crippen molar-refractivity contribution in [2.24, 2.45) is 5.92 Å². The normalized spacial score (nSPS) is 18.9. The number of hydrogen-bond donors (Lipinski definition) is 2. The third-order valence-electron chi connectivity index (χ3n) is 3.69. The average molecular weight is 350 g/mol. The minimum atomic E-state index is -4.17. The van der Waals surface area contributed by atoms with Crippen LogP contribution in [0.5, 0.6) is 0 Å². The van der Waals surface area contributed by atoms with E-state index >= 15 is 0 Å². The quantitative estimate of drug-likeness (QED) is 0.858. The fourth-order valence-electron chi connectivity index (χ4n) is 2.56. The van der Waals surface area contributed by atoms with Crippen molar-refractivity contribution in [3.05, 3.63) is 34.9 Å². The van der Waals surface area contributed by atoms with Crippen LogP contribution in [-0.4, -0.2) is 43.3 Å². The van der Waals surface area contributed by atoms with Gasteiger partial charge in [0.15, 0.2) is 0 Å². The molecule has 2 rings (SSSR count). The van der Waals surface area contributed by atoms with Crippen molar-refractivity contribution in [2.45, 2.75) is 19.1 Å². The Balaban J connectivity index is 1.64. The fourth-order valence-corrected chi connectivity index (χ4v) is 2.69. The molecule has 128 valence electrons. The first-order valence-corrected chi connectivity index (χ1v) is 7.75. The van der Waals surface area contributed by atoms with Crippen molar-refractivity contribution in [3.8, 4) is 0 Å². The lowest BCUT2D eigenvalue weighted by Crippen LogP contribution is -2.39. The Kier molecular flexibility index (Phi) is 6.12. The zero-order chi connectivity index (χ0) is 16.9. The molecular weight excluding hydrogens is 331 g/mol. The molecule has 0 saturated carbocycles. The van der Waals surface area contributed by atoms with Crippen LogP contribution in [0.3, 0.4) is 0 Å². The van der Waals surface area contributed by atoms with E-state index in [0.29, 0.717) is 37.6 Å². The Morgan fingerprint density at radius 1 is 1.26 bits per heavy atom. The summed E-state index contributed by atoms with van der Waals surface area (Å²) in [4.78, 5) is 13.1. The predicted octanol–water partition coefficient (Wildman–Crippen LogP) is 3.02. The highest BCUT2D eigenvalue weighted by Crippen LogP contribution is 2.22. The van der Waals surface area contributed by atoms with E-state index in [-0.39, 0.29) is 11.9 Å². The molecule has 1 aliphatic rings. The van der Waals surface area contributed by atoms with E-state index in [0.717, 1.165) is 5.56 Å². The number of urea groups is 1. The molecule has 1 aliphatic heterocycles. The number of likely N-dealkylation sites (tertiary alicyclic amines) is 1. The molecule has 2 amide bonds. The number of carbonyl (C=O) groups excluding carboxylic acids is 1. The third-order valence-corrected chi connectivity index (χ3v) is 3.94. The van der Waals surface area contributed by atoms with Crippen LogP contribution in [0.4, 0.5) is 18.0 Å². The van der Waals surface area contributed by atoms with Crippen LogP contribution in [-0.2, 0) is 6.54 Å². The summed E-state index contributed by atoms with van der Waals surface area (Å²) in [6.45, 7) is 0.635. The number of nitrogens with one attached hydrogen (secondary N) is 2. The molecule has 2 N–H and O–H groups in total. The molecule has 8 heteroatoms. The van der Waals surface area contributed by atoms with Gasteiger partial charge in [-0.05, 0) is 36.6 Å². The Bertz CT molecular complexity index is 522. The van der Waals surface area contributed by atoms with E-state index in [1.807, 2.05) is 12.1 Å². The van der Waals surface area contributed by atoms with E-state index in [1.54, 1.807) is 12.1 Å². The summed E-state index contributed by atoms with van der Waals surface area (Å²) in [5, 5.41) is 6.04. The van der Waals surface area contributed by atoms with Crippen molar-refractivity contribution in [3.63, 3.8) is 0 Å². The zero-order valence-electron chi connectivity index (χ0n) is 12.5. The van der Waals surface area contributed by atoms with Gasteiger partial charge in [-0.1, -0.05) is 23.7 Å². The summed E-state index contributed by atoms with van der Waals surface area (Å²) in [7, 11) is 0. The minimum Gasteiger partial charge on any atom is -0.338 e. The highest BCUT2D eigenvalue weighted by molar-refractivity contribution is 6.30. The van der Waals surface area contributed by atoms with Crippen molar-refractivity contribution < 1.29 is 18.0 Å². The minimum absolute atomic E-state index is 0.0543. The van der Waals surface area contributed by atoms with Crippen LogP contribution in [0.25, 0.3) is 0 Å². The predicted molar refractivity (Wildman–Crippen MR) is 82.3 cm³/mol. The van der Waals surface area contributed by atoms with E-state index in [2.05, 4.69) is 10.6 Å². The van der Waals surface area contributed by atoms with Gasteiger partial charge in [-0.2, -0.15) is 13.2 Å². The molecule has 0 spiro atoms. The second-order valence-electron chi connectivity index (χ2n) is 5.70. The summed E-state index contributed by atoms with van der Waals surface area (Å²) in [6, 6.07) is 6.78. The molecule has 1 heterocycles. The largest absolute Gasteiger partial charge is 0.401 e. The number of alkyl halides is 3. The van der Waals surface area contributed by atoms with Gasteiger partial charge in [0, 0.05) is 24.7 Å². The van der Waals surface area contributed by atoms with Crippen molar-refractivity contribution in [1.82, 2.24) is 15.5 Å². The molecule has 0 radical (unpaired) electrons. The highest BCUT2D eigenvalue weighted by Gasteiger charge is 2.34. The van der Waals surface area contributed by atoms with Gasteiger partial charge in [-0.15, -0.1) is 0 Å². The van der Waals surface area contributed by atoms with E-state index in [1.165, 1.54) is 4.90 Å². The summed E-state index contributed by atoms with van der Waals surface area (Å²) in [5.74, 6) is 0.0543. The molecule has 0 aromatic heterocycles. The Labute approximate surface area is 138 Å². The molecule has 0 unspecified atom stereocenters. The molecule has 23 heavy (non-hydrogen) atoms. The van der Waals surface area contributed by atoms with Crippen LogP contribution >= 0.6 is 11.6 Å². The topological polar surface area (TPSA) is 44.4 Å². The molecule has 1 aromatic carbocycles. The maximum absolute atomic E-state index is 12.3. The molecule has 4 nitrogen and oxygen atoms in total. The second-order valence-corrected chi connectivity index (χ2v) is 6.13. The number of halogens is 4. The second kappa shape index (κ2) is 7.88. The van der Waals surface area contributed by atoms with Gasteiger partial charge in [0.25, 0.3) is 0 Å². The number of hydrogen-bond acceptors (Lipinski definition) is 2. The van der Waals surface area contributed by atoms with E-state index in [9.17, 15) is 18.0 Å². The van der Waals surface area contributed by atoms with Crippen molar-refractivity contribution in [2.75, 3.05) is 26.2 Å². The maximum Gasteiger partial charge on any atom is 0.401 e. The Morgan fingerprint density at radius 2 is 1.96 bits per heavy atom. The average Bonchev–Trinajstić information content (AvgIpc) is 2.90. The van der Waals surface area contributed by atoms with Crippen molar-refractivity contribution >= 4 is 17.6 Å².